The van der Waals surface area contributed by atoms with Gasteiger partial charge in [0.2, 0.25) is 0 Å². The molecule has 2 aromatic heterocycles. The molecule has 0 unspecified atom stereocenters. The summed E-state index contributed by atoms with van der Waals surface area (Å²) in [6.45, 7) is 8.76. The topological polar surface area (TPSA) is 94.8 Å². The van der Waals surface area contributed by atoms with Gasteiger partial charge in [-0.05, 0) is 75.3 Å². The highest BCUT2D eigenvalue weighted by Crippen LogP contribution is 2.35. The van der Waals surface area contributed by atoms with Crippen LogP contribution in [-0.4, -0.2) is 34.9 Å². The van der Waals surface area contributed by atoms with Crippen LogP contribution in [0.1, 0.15) is 56.2 Å². The minimum atomic E-state index is -0.751. The van der Waals surface area contributed by atoms with Gasteiger partial charge in [0.15, 0.2) is 11.5 Å². The van der Waals surface area contributed by atoms with E-state index in [0.717, 1.165) is 35.2 Å². The van der Waals surface area contributed by atoms with Crippen LogP contribution in [0.15, 0.2) is 34.4 Å². The Morgan fingerprint density at radius 3 is 2.85 bits per heavy atom. The first-order valence-electron chi connectivity index (χ1n) is 11.7. The molecule has 1 aliphatic rings. The Morgan fingerprint density at radius 2 is 2.09 bits per heavy atom. The van der Waals surface area contributed by atoms with Crippen LogP contribution in [0, 0.1) is 5.92 Å². The summed E-state index contributed by atoms with van der Waals surface area (Å²) < 4.78 is 12.6. The number of aryl methyl sites for hydroxylation is 1. The molecule has 9 heteroatoms. The first kappa shape index (κ1) is 23.9. The standard InChI is InChI=1S/C25H30N4O4S/c1-5-32-19-10-8-17(12-20(19)33-6-2)13-27-28-23(30)16(4)29-14-26-24-22(25(29)31)18-9-7-15(3)11-21(18)34-24/h8,10,12-16H,5-7,9,11H2,1-4H3,(H,28,30)/b27-13-/t15-,16+/m0/s1. The molecule has 0 aliphatic heterocycles. The van der Waals surface area contributed by atoms with Crippen LogP contribution in [0.2, 0.25) is 0 Å². The van der Waals surface area contributed by atoms with Gasteiger partial charge < -0.3 is 9.47 Å². The number of ether oxygens (including phenoxy) is 2. The summed E-state index contributed by atoms with van der Waals surface area (Å²) in [5.41, 5.74) is 4.22. The zero-order valence-electron chi connectivity index (χ0n) is 20.0. The van der Waals surface area contributed by atoms with Crippen molar-refractivity contribution in [2.45, 2.75) is 53.0 Å². The van der Waals surface area contributed by atoms with Crippen LogP contribution < -0.4 is 20.5 Å². The molecule has 0 radical (unpaired) electrons. The highest BCUT2D eigenvalue weighted by Gasteiger charge is 2.25. The Kier molecular flexibility index (Phi) is 7.31. The summed E-state index contributed by atoms with van der Waals surface area (Å²) in [5.74, 6) is 1.50. The monoisotopic (exact) mass is 482 g/mol. The molecular formula is C25H30N4O4S. The summed E-state index contributed by atoms with van der Waals surface area (Å²) in [4.78, 5) is 32.5. The molecule has 0 fully saturated rings. The molecule has 180 valence electrons. The number of amides is 1. The van der Waals surface area contributed by atoms with Crippen molar-refractivity contribution in [3.05, 3.63) is 50.9 Å². The third kappa shape index (κ3) is 4.84. The van der Waals surface area contributed by atoms with Crippen molar-refractivity contribution in [2.75, 3.05) is 13.2 Å². The largest absolute Gasteiger partial charge is 0.490 e. The van der Waals surface area contributed by atoms with Gasteiger partial charge in [0.25, 0.3) is 11.5 Å². The molecule has 1 amide bonds. The molecular weight excluding hydrogens is 452 g/mol. The van der Waals surface area contributed by atoms with E-state index in [-0.39, 0.29) is 5.56 Å². The molecule has 34 heavy (non-hydrogen) atoms. The summed E-state index contributed by atoms with van der Waals surface area (Å²) in [6, 6.07) is 4.69. The lowest BCUT2D eigenvalue weighted by atomic mass is 9.89. The van der Waals surface area contributed by atoms with E-state index in [4.69, 9.17) is 9.47 Å². The third-order valence-electron chi connectivity index (χ3n) is 5.99. The van der Waals surface area contributed by atoms with E-state index in [1.807, 2.05) is 26.0 Å². The molecule has 1 aliphatic carbocycles. The highest BCUT2D eigenvalue weighted by atomic mass is 32.1. The van der Waals surface area contributed by atoms with Crippen LogP contribution in [0.5, 0.6) is 11.5 Å². The summed E-state index contributed by atoms with van der Waals surface area (Å²) in [6.07, 6.45) is 5.92. The van der Waals surface area contributed by atoms with Crippen LogP contribution in [0.4, 0.5) is 0 Å². The quantitative estimate of drug-likeness (QED) is 0.385. The minimum Gasteiger partial charge on any atom is -0.490 e. The van der Waals surface area contributed by atoms with Gasteiger partial charge in [0.1, 0.15) is 10.9 Å². The first-order valence-corrected chi connectivity index (χ1v) is 12.5. The molecule has 2 heterocycles. The average molecular weight is 483 g/mol. The maximum absolute atomic E-state index is 13.3. The fourth-order valence-corrected chi connectivity index (χ4v) is 5.50. The van der Waals surface area contributed by atoms with Crippen LogP contribution >= 0.6 is 11.3 Å². The Labute approximate surface area is 202 Å². The van der Waals surface area contributed by atoms with Crippen LogP contribution in [-0.2, 0) is 17.6 Å². The second-order valence-corrected chi connectivity index (χ2v) is 9.55. The SMILES string of the molecule is CCOc1ccc(/C=N\NC(=O)[C@@H](C)n2cnc3sc4c(c3c2=O)CC[C@H](C)C4)cc1OCC. The van der Waals surface area contributed by atoms with E-state index in [1.165, 1.54) is 22.0 Å². The van der Waals surface area contributed by atoms with Crippen molar-refractivity contribution in [2.24, 2.45) is 11.0 Å². The summed E-state index contributed by atoms with van der Waals surface area (Å²) in [5, 5.41) is 4.73. The maximum Gasteiger partial charge on any atom is 0.263 e. The number of nitrogens with one attached hydrogen (secondary N) is 1. The molecule has 8 nitrogen and oxygen atoms in total. The van der Waals surface area contributed by atoms with Crippen molar-refractivity contribution in [3.8, 4) is 11.5 Å². The van der Waals surface area contributed by atoms with Gasteiger partial charge in [-0.25, -0.2) is 10.4 Å². The molecule has 0 bridgehead atoms. The fraction of sp³-hybridized carbons (Fsp3) is 0.440. The third-order valence-corrected chi connectivity index (χ3v) is 7.16. The van der Waals surface area contributed by atoms with E-state index >= 15 is 0 Å². The van der Waals surface area contributed by atoms with Crippen molar-refractivity contribution in [3.63, 3.8) is 0 Å². The fourth-order valence-electron chi connectivity index (χ4n) is 4.16. The number of nitrogens with zero attached hydrogens (tertiary/aromatic N) is 3. The van der Waals surface area contributed by atoms with Crippen molar-refractivity contribution in [1.82, 2.24) is 15.0 Å². The lowest BCUT2D eigenvalue weighted by Gasteiger charge is -2.18. The number of aromatic nitrogens is 2. The number of fused-ring (bicyclic) bond motifs is 3. The van der Waals surface area contributed by atoms with Gasteiger partial charge in [-0.3, -0.25) is 14.2 Å². The highest BCUT2D eigenvalue weighted by molar-refractivity contribution is 7.18. The van der Waals surface area contributed by atoms with Gasteiger partial charge in [-0.1, -0.05) is 6.92 Å². The predicted molar refractivity (Wildman–Crippen MR) is 134 cm³/mol. The molecule has 3 aromatic rings. The zero-order chi connectivity index (χ0) is 24.2. The number of benzene rings is 1. The van der Waals surface area contributed by atoms with Gasteiger partial charge >= 0.3 is 0 Å². The van der Waals surface area contributed by atoms with E-state index in [0.29, 0.717) is 36.0 Å². The second kappa shape index (κ2) is 10.4. The van der Waals surface area contributed by atoms with Crippen molar-refractivity contribution < 1.29 is 14.3 Å². The molecule has 0 spiro atoms. The van der Waals surface area contributed by atoms with E-state index < -0.39 is 11.9 Å². The Balaban J connectivity index is 1.50. The molecule has 1 aromatic carbocycles. The number of carbonyl (C=O) groups is 1. The Hall–Kier alpha value is -3.20. The van der Waals surface area contributed by atoms with Gasteiger partial charge in [-0.2, -0.15) is 5.10 Å². The van der Waals surface area contributed by atoms with Crippen LogP contribution in [0.25, 0.3) is 10.2 Å². The van der Waals surface area contributed by atoms with Crippen LogP contribution in [0.3, 0.4) is 0 Å². The zero-order valence-corrected chi connectivity index (χ0v) is 20.8. The molecule has 2 atom stereocenters. The molecule has 0 saturated heterocycles. The normalized spacial score (nSPS) is 16.4. The molecule has 1 N–H and O–H groups in total. The second-order valence-electron chi connectivity index (χ2n) is 8.47. The average Bonchev–Trinajstić information content (AvgIpc) is 3.19. The van der Waals surface area contributed by atoms with Gasteiger partial charge in [0, 0.05) is 4.88 Å². The maximum atomic E-state index is 13.3. The smallest absolute Gasteiger partial charge is 0.263 e. The lowest BCUT2D eigenvalue weighted by molar-refractivity contribution is -0.123. The summed E-state index contributed by atoms with van der Waals surface area (Å²) in [7, 11) is 0. The number of carbonyl (C=O) groups excluding carboxylic acids is 1. The van der Waals surface area contributed by atoms with Crippen molar-refractivity contribution in [1.29, 1.82) is 0 Å². The van der Waals surface area contributed by atoms with E-state index in [1.54, 1.807) is 24.3 Å². The Morgan fingerprint density at radius 1 is 1.32 bits per heavy atom. The number of hydrogen-bond acceptors (Lipinski definition) is 7. The van der Waals surface area contributed by atoms with Crippen molar-refractivity contribution >= 4 is 33.7 Å². The number of hydrazone groups is 1. The Bertz CT molecular complexity index is 1280. The number of hydrogen-bond donors (Lipinski definition) is 1. The number of rotatable bonds is 8. The van der Waals surface area contributed by atoms with Gasteiger partial charge in [0.05, 0.1) is 31.1 Å². The van der Waals surface area contributed by atoms with E-state index in [2.05, 4.69) is 22.4 Å². The summed E-state index contributed by atoms with van der Waals surface area (Å²) >= 11 is 1.60. The van der Waals surface area contributed by atoms with Gasteiger partial charge in [-0.15, -0.1) is 11.3 Å². The molecule has 4 rings (SSSR count). The minimum absolute atomic E-state index is 0.170. The molecule has 0 saturated carbocycles. The first-order chi connectivity index (χ1) is 16.4. The van der Waals surface area contributed by atoms with E-state index in [9.17, 15) is 9.59 Å². The lowest BCUT2D eigenvalue weighted by Crippen LogP contribution is -2.34. The predicted octanol–water partition coefficient (Wildman–Crippen LogP) is 4.09. The number of thiophene rings is 1.